The van der Waals surface area contributed by atoms with E-state index in [2.05, 4.69) is 5.32 Å². The highest BCUT2D eigenvalue weighted by Crippen LogP contribution is 2.40. The van der Waals surface area contributed by atoms with Crippen molar-refractivity contribution in [2.45, 2.75) is 84.7 Å². The van der Waals surface area contributed by atoms with Gasteiger partial charge in [0.2, 0.25) is 0 Å². The lowest BCUT2D eigenvalue weighted by Gasteiger charge is -2.32. The number of esters is 1. The van der Waals surface area contributed by atoms with Gasteiger partial charge in [0.1, 0.15) is 11.4 Å². The van der Waals surface area contributed by atoms with Crippen LogP contribution >= 0.6 is 0 Å². The van der Waals surface area contributed by atoms with Gasteiger partial charge >= 0.3 is 12.1 Å². The van der Waals surface area contributed by atoms with Crippen LogP contribution in [-0.4, -0.2) is 53.8 Å². The van der Waals surface area contributed by atoms with E-state index in [1.165, 1.54) is 7.11 Å². The minimum absolute atomic E-state index is 0.0628. The number of carbonyl (C=O) groups excluding carboxylic acids is 3. The zero-order valence-electron chi connectivity index (χ0n) is 26.8. The number of methoxy groups -OCH3 is 1. The fraction of sp³-hybridized carbons (Fsp3) is 0.500. The molecular weight excluding hydrogens is 578 g/mol. The van der Waals surface area contributed by atoms with Gasteiger partial charge in [-0.05, 0) is 89.4 Å². The van der Waals surface area contributed by atoms with Crippen LogP contribution in [0.25, 0.3) is 22.3 Å². The molecule has 240 valence electrons. The Morgan fingerprint density at radius 1 is 1.09 bits per heavy atom. The quantitative estimate of drug-likeness (QED) is 0.158. The molecule has 5 rings (SSSR count). The van der Waals surface area contributed by atoms with Crippen molar-refractivity contribution in [3.63, 3.8) is 0 Å². The predicted octanol–water partition coefficient (Wildman–Crippen LogP) is 4.79. The van der Waals surface area contributed by atoms with E-state index < -0.39 is 23.3 Å². The predicted molar refractivity (Wildman–Crippen MR) is 167 cm³/mol. The van der Waals surface area contributed by atoms with Crippen molar-refractivity contribution in [1.29, 1.82) is 0 Å². The molecule has 1 aromatic carbocycles. The Bertz CT molecular complexity index is 1700. The average Bonchev–Trinajstić information content (AvgIpc) is 3.38. The fourth-order valence-electron chi connectivity index (χ4n) is 6.24. The van der Waals surface area contributed by atoms with E-state index in [1.807, 2.05) is 6.92 Å². The van der Waals surface area contributed by atoms with E-state index in [-0.39, 0.29) is 36.6 Å². The molecular formula is C34H41N3O8. The van der Waals surface area contributed by atoms with E-state index >= 15 is 0 Å². The maximum Gasteiger partial charge on any atom is 0.514 e. The number of piperidine rings is 1. The Kier molecular flexibility index (Phi) is 9.14. The van der Waals surface area contributed by atoms with Crippen molar-refractivity contribution < 1.29 is 33.3 Å². The Balaban J connectivity index is 1.61. The van der Waals surface area contributed by atoms with Gasteiger partial charge in [0.15, 0.2) is 11.9 Å². The molecule has 4 heterocycles. The molecule has 2 aliphatic heterocycles. The van der Waals surface area contributed by atoms with Crippen molar-refractivity contribution in [2.24, 2.45) is 5.92 Å². The molecule has 45 heavy (non-hydrogen) atoms. The summed E-state index contributed by atoms with van der Waals surface area (Å²) in [6, 6.07) is 6.92. The van der Waals surface area contributed by atoms with E-state index in [4.69, 9.17) is 23.9 Å². The largest absolute Gasteiger partial charge is 0.514 e. The van der Waals surface area contributed by atoms with Crippen LogP contribution in [0.1, 0.15) is 76.1 Å². The van der Waals surface area contributed by atoms with Crippen molar-refractivity contribution >= 4 is 29.3 Å². The second-order valence-electron chi connectivity index (χ2n) is 12.6. The number of benzene rings is 1. The highest BCUT2D eigenvalue weighted by atomic mass is 16.7. The number of carbonyl (C=O) groups is 3. The normalized spacial score (nSPS) is 16.0. The lowest BCUT2D eigenvalue weighted by molar-refractivity contribution is -0.170. The number of hydrogen-bond donors (Lipinski definition) is 1. The molecule has 0 radical (unpaired) electrons. The molecule has 1 unspecified atom stereocenters. The number of aldehydes is 1. The third-order valence-electron chi connectivity index (χ3n) is 8.49. The molecule has 2 aliphatic rings. The fourth-order valence-corrected chi connectivity index (χ4v) is 6.24. The molecule has 0 bridgehead atoms. The summed E-state index contributed by atoms with van der Waals surface area (Å²) in [5, 5.41) is 4.03. The van der Waals surface area contributed by atoms with Gasteiger partial charge in [0.25, 0.3) is 5.56 Å². The molecule has 0 amide bonds. The summed E-state index contributed by atoms with van der Waals surface area (Å²) in [7, 11) is 1.48. The van der Waals surface area contributed by atoms with Gasteiger partial charge < -0.3 is 28.8 Å². The molecule has 0 spiro atoms. The Morgan fingerprint density at radius 2 is 1.82 bits per heavy atom. The first-order valence-corrected chi connectivity index (χ1v) is 15.5. The Labute approximate surface area is 262 Å². The summed E-state index contributed by atoms with van der Waals surface area (Å²) in [6.07, 6.45) is 1.82. The highest BCUT2D eigenvalue weighted by Gasteiger charge is 2.41. The summed E-state index contributed by atoms with van der Waals surface area (Å²) in [6.45, 7) is 10.6. The first-order valence-electron chi connectivity index (χ1n) is 15.5. The molecule has 0 aliphatic carbocycles. The minimum atomic E-state index is -1.66. The van der Waals surface area contributed by atoms with Gasteiger partial charge in [-0.1, -0.05) is 13.8 Å². The van der Waals surface area contributed by atoms with Crippen LogP contribution in [0, 0.1) is 5.92 Å². The second kappa shape index (κ2) is 12.7. The zero-order chi connectivity index (χ0) is 32.5. The van der Waals surface area contributed by atoms with Crippen LogP contribution in [0.15, 0.2) is 29.1 Å². The first-order chi connectivity index (χ1) is 21.4. The monoisotopic (exact) mass is 619 g/mol. The van der Waals surface area contributed by atoms with Crippen LogP contribution in [0.4, 0.5) is 4.79 Å². The van der Waals surface area contributed by atoms with Gasteiger partial charge in [-0.2, -0.15) is 0 Å². The molecule has 3 aromatic rings. The topological polar surface area (TPSA) is 135 Å². The average molecular weight is 620 g/mol. The van der Waals surface area contributed by atoms with Crippen LogP contribution in [0.5, 0.6) is 5.75 Å². The van der Waals surface area contributed by atoms with Gasteiger partial charge in [-0.3, -0.25) is 14.4 Å². The Hall–Kier alpha value is -4.09. The number of fused-ring (bicyclic) bond motifs is 4. The maximum atomic E-state index is 14.1. The molecule has 1 atom stereocenters. The van der Waals surface area contributed by atoms with Crippen molar-refractivity contribution in [1.82, 2.24) is 14.9 Å². The summed E-state index contributed by atoms with van der Waals surface area (Å²) in [4.78, 5) is 57.5. The van der Waals surface area contributed by atoms with Crippen molar-refractivity contribution in [3.05, 3.63) is 56.9 Å². The third kappa shape index (κ3) is 6.24. The van der Waals surface area contributed by atoms with Crippen LogP contribution in [-0.2, 0) is 49.0 Å². The second-order valence-corrected chi connectivity index (χ2v) is 12.6. The van der Waals surface area contributed by atoms with Gasteiger partial charge in [0.05, 0.1) is 41.5 Å². The summed E-state index contributed by atoms with van der Waals surface area (Å²) in [5.41, 5.74) is 1.50. The maximum absolute atomic E-state index is 14.1. The molecule has 1 fully saturated rings. The lowest BCUT2D eigenvalue weighted by atomic mass is 9.87. The SMILES string of the molecule is CCc1c2c(nc3ccc(OC(=O)OC(C)(C)C)cc13)-c1cc(C(C=O)(CC)OC(=O)C3CCNCC3)c(COC)c(=O)n1C2. The number of pyridine rings is 2. The van der Waals surface area contributed by atoms with E-state index in [0.717, 1.165) is 16.5 Å². The van der Waals surface area contributed by atoms with Crippen molar-refractivity contribution in [2.75, 3.05) is 20.2 Å². The van der Waals surface area contributed by atoms with Crippen LogP contribution in [0.3, 0.4) is 0 Å². The number of hydrogen-bond acceptors (Lipinski definition) is 10. The molecule has 11 heteroatoms. The molecule has 2 aromatic heterocycles. The minimum Gasteiger partial charge on any atom is -0.446 e. The number of ether oxygens (including phenoxy) is 4. The number of aromatic nitrogens is 2. The highest BCUT2D eigenvalue weighted by molar-refractivity contribution is 5.90. The number of nitrogens with one attached hydrogen (secondary N) is 1. The zero-order valence-corrected chi connectivity index (χ0v) is 26.8. The smallest absolute Gasteiger partial charge is 0.446 e. The lowest BCUT2D eigenvalue weighted by Crippen LogP contribution is -2.41. The van der Waals surface area contributed by atoms with Gasteiger partial charge in [0, 0.05) is 23.6 Å². The van der Waals surface area contributed by atoms with E-state index in [0.29, 0.717) is 66.9 Å². The first kappa shape index (κ1) is 32.3. The third-order valence-corrected chi connectivity index (χ3v) is 8.49. The molecule has 1 N–H and O–H groups in total. The molecule has 0 saturated carbocycles. The standard InChI is InChI=1S/C34H41N3O8/c1-7-22-23-15-21(43-32(41)45-33(3,4)5)9-10-27(23)36-29-24(22)17-37-28(29)16-26(25(18-42-6)30(37)39)34(8-2,19-38)44-31(40)20-11-13-35-14-12-20/h9-10,15-16,19-20,35H,7-8,11-14,17-18H2,1-6H3. The van der Waals surface area contributed by atoms with Gasteiger partial charge in [-0.15, -0.1) is 0 Å². The van der Waals surface area contributed by atoms with E-state index in [1.54, 1.807) is 56.5 Å². The summed E-state index contributed by atoms with van der Waals surface area (Å²) >= 11 is 0. The number of rotatable bonds is 9. The van der Waals surface area contributed by atoms with Crippen molar-refractivity contribution in [3.8, 4) is 17.1 Å². The summed E-state index contributed by atoms with van der Waals surface area (Å²) < 4.78 is 23.9. The number of aryl methyl sites for hydroxylation is 1. The van der Waals surface area contributed by atoms with Gasteiger partial charge in [-0.25, -0.2) is 9.78 Å². The molecule has 1 saturated heterocycles. The number of nitrogens with zero attached hydrogens (tertiary/aromatic N) is 2. The molecule has 11 nitrogen and oxygen atoms in total. The van der Waals surface area contributed by atoms with E-state index in [9.17, 15) is 19.2 Å². The van der Waals surface area contributed by atoms with Crippen LogP contribution < -0.4 is 15.6 Å². The summed E-state index contributed by atoms with van der Waals surface area (Å²) in [5.74, 6) is -0.458. The Morgan fingerprint density at radius 3 is 2.44 bits per heavy atom. The van der Waals surface area contributed by atoms with Crippen LogP contribution in [0.2, 0.25) is 0 Å².